The third-order valence-corrected chi connectivity index (χ3v) is 8.79. The molecule has 5 rings (SSSR count). The van der Waals surface area contributed by atoms with Crippen LogP contribution in [0.4, 0.5) is 5.69 Å². The van der Waals surface area contributed by atoms with Gasteiger partial charge in [-0.2, -0.15) is 0 Å². The lowest BCUT2D eigenvalue weighted by molar-refractivity contribution is -0.384. The molecule has 0 saturated carbocycles. The fourth-order valence-electron chi connectivity index (χ4n) is 4.33. The van der Waals surface area contributed by atoms with E-state index < -0.39 is 27.5 Å². The number of rotatable bonds is 3. The second-order valence-electron chi connectivity index (χ2n) is 8.35. The van der Waals surface area contributed by atoms with Gasteiger partial charge in [0.25, 0.3) is 5.69 Å². The largest absolute Gasteiger partial charge is 0.362 e. The van der Waals surface area contributed by atoms with Crippen LogP contribution < -0.4 is 0 Å². The van der Waals surface area contributed by atoms with Gasteiger partial charge in [0, 0.05) is 36.8 Å². The van der Waals surface area contributed by atoms with Gasteiger partial charge in [0.2, 0.25) is 0 Å². The molecular formula is C24H22N2O6S. The molecule has 3 heterocycles. The SMILES string of the molecule is CC(C)N1CC=C(C2=Cc3cc([N+](=O)[O-])ccc3S23OC(=O)c2ccccc2C(=O)O3)CC1. The molecule has 3 aliphatic heterocycles. The molecular weight excluding hydrogens is 444 g/mol. The Morgan fingerprint density at radius 3 is 2.27 bits per heavy atom. The van der Waals surface area contributed by atoms with Crippen molar-refractivity contribution in [3.8, 4) is 0 Å². The summed E-state index contributed by atoms with van der Waals surface area (Å²) in [6.07, 6.45) is 4.51. The van der Waals surface area contributed by atoms with Crippen LogP contribution in [-0.2, 0) is 8.37 Å². The molecule has 0 N–H and O–H groups in total. The number of carbonyl (C=O) groups is 2. The van der Waals surface area contributed by atoms with Gasteiger partial charge in [-0.25, -0.2) is 9.59 Å². The van der Waals surface area contributed by atoms with E-state index >= 15 is 0 Å². The zero-order valence-corrected chi connectivity index (χ0v) is 19.0. The van der Waals surface area contributed by atoms with Crippen molar-refractivity contribution < 1.29 is 22.9 Å². The third kappa shape index (κ3) is 3.44. The first-order valence-electron chi connectivity index (χ1n) is 10.6. The molecule has 8 nitrogen and oxygen atoms in total. The first-order valence-corrected chi connectivity index (χ1v) is 12.1. The van der Waals surface area contributed by atoms with Crippen LogP contribution in [0.25, 0.3) is 6.08 Å². The predicted octanol–water partition coefficient (Wildman–Crippen LogP) is 5.01. The summed E-state index contributed by atoms with van der Waals surface area (Å²) < 4.78 is 12.1. The lowest BCUT2D eigenvalue weighted by atomic mass is 10.0. The van der Waals surface area contributed by atoms with E-state index in [-0.39, 0.29) is 16.8 Å². The van der Waals surface area contributed by atoms with Crippen molar-refractivity contribution in [3.05, 3.63) is 85.8 Å². The summed E-state index contributed by atoms with van der Waals surface area (Å²) in [5.74, 6) is -1.30. The summed E-state index contributed by atoms with van der Waals surface area (Å²) in [6.45, 7) is 5.76. The molecule has 0 amide bonds. The van der Waals surface area contributed by atoms with Crippen molar-refractivity contribution in [3.63, 3.8) is 0 Å². The molecule has 0 fully saturated rings. The Labute approximate surface area is 192 Å². The first kappa shape index (κ1) is 21.4. The first-order chi connectivity index (χ1) is 15.8. The number of nitro benzene ring substituents is 1. The molecule has 0 aromatic heterocycles. The van der Waals surface area contributed by atoms with E-state index in [9.17, 15) is 19.7 Å². The molecule has 0 saturated heterocycles. The normalized spacial score (nSPS) is 20.2. The summed E-state index contributed by atoms with van der Waals surface area (Å²) in [7, 11) is -2.99. The fourth-order valence-corrected chi connectivity index (χ4v) is 7.05. The van der Waals surface area contributed by atoms with Gasteiger partial charge in [-0.3, -0.25) is 15.0 Å². The van der Waals surface area contributed by atoms with E-state index in [0.717, 1.165) is 12.1 Å². The van der Waals surface area contributed by atoms with Crippen LogP contribution in [0.5, 0.6) is 0 Å². The van der Waals surface area contributed by atoms with E-state index in [1.54, 1.807) is 18.2 Å². The highest BCUT2D eigenvalue weighted by molar-refractivity contribution is 8.30. The monoisotopic (exact) mass is 466 g/mol. The van der Waals surface area contributed by atoms with Crippen LogP contribution in [0, 0.1) is 10.1 Å². The Balaban J connectivity index is 1.66. The standard InChI is InChI=1S/C24H22N2O6S/c1-15(2)25-11-9-16(10-12-25)22-14-17-13-18(26(29)30)7-8-21(17)33(22)31-23(27)19-5-3-4-6-20(19)24(28)32-33/h3-9,13-15H,10-12H2,1-2H3. The van der Waals surface area contributed by atoms with Gasteiger partial charge in [-0.15, -0.1) is 0 Å². The quantitative estimate of drug-likeness (QED) is 0.463. The van der Waals surface area contributed by atoms with Crippen LogP contribution in [0.15, 0.2) is 63.9 Å². The molecule has 9 heteroatoms. The minimum Gasteiger partial charge on any atom is -0.330 e. The Hall–Kier alpha value is -3.43. The summed E-state index contributed by atoms with van der Waals surface area (Å²) in [5.41, 5.74) is 1.65. The van der Waals surface area contributed by atoms with Crippen molar-refractivity contribution in [2.24, 2.45) is 0 Å². The summed E-state index contributed by atoms with van der Waals surface area (Å²) >= 11 is 0. The number of non-ortho nitro benzene ring substituents is 1. The number of allylic oxidation sites excluding steroid dienone is 1. The summed E-state index contributed by atoms with van der Waals surface area (Å²) in [5, 5.41) is 11.4. The van der Waals surface area contributed by atoms with Crippen molar-refractivity contribution >= 4 is 34.3 Å². The zero-order valence-electron chi connectivity index (χ0n) is 18.1. The Morgan fingerprint density at radius 2 is 1.73 bits per heavy atom. The van der Waals surface area contributed by atoms with E-state index in [2.05, 4.69) is 24.8 Å². The molecule has 2 aromatic rings. The fraction of sp³-hybridized carbons (Fsp3) is 0.250. The molecule has 0 aliphatic carbocycles. The minimum atomic E-state index is -2.99. The average molecular weight is 467 g/mol. The van der Waals surface area contributed by atoms with E-state index in [4.69, 9.17) is 8.37 Å². The van der Waals surface area contributed by atoms with Gasteiger partial charge < -0.3 is 8.37 Å². The summed E-state index contributed by atoms with van der Waals surface area (Å²) in [6, 6.07) is 11.1. The average Bonchev–Trinajstić information content (AvgIpc) is 3.05. The van der Waals surface area contributed by atoms with Gasteiger partial charge in [-0.1, -0.05) is 28.8 Å². The number of hydrogen-bond acceptors (Lipinski definition) is 7. The maximum Gasteiger partial charge on any atom is 0.362 e. The number of nitrogens with zero attached hydrogens (tertiary/aromatic N) is 2. The number of nitro groups is 1. The van der Waals surface area contributed by atoms with E-state index in [0.29, 0.717) is 34.4 Å². The van der Waals surface area contributed by atoms with Crippen LogP contribution in [0.2, 0.25) is 0 Å². The molecule has 33 heavy (non-hydrogen) atoms. The van der Waals surface area contributed by atoms with Gasteiger partial charge in [0.15, 0.2) is 0 Å². The van der Waals surface area contributed by atoms with Gasteiger partial charge >= 0.3 is 11.9 Å². The number of carbonyl (C=O) groups excluding carboxylic acids is 2. The topological polar surface area (TPSA) is 99.0 Å². The van der Waals surface area contributed by atoms with Gasteiger partial charge in [0.1, 0.15) is 0 Å². The van der Waals surface area contributed by atoms with Crippen LogP contribution >= 0.6 is 10.6 Å². The van der Waals surface area contributed by atoms with Crippen LogP contribution in [0.1, 0.15) is 46.5 Å². The molecule has 0 atom stereocenters. The van der Waals surface area contributed by atoms with Crippen molar-refractivity contribution in [1.82, 2.24) is 4.90 Å². The Kier molecular flexibility index (Phi) is 5.10. The predicted molar refractivity (Wildman–Crippen MR) is 124 cm³/mol. The van der Waals surface area contributed by atoms with Gasteiger partial charge in [0.05, 0.1) is 25.9 Å². The highest BCUT2D eigenvalue weighted by Crippen LogP contribution is 2.72. The molecule has 0 unspecified atom stereocenters. The highest BCUT2D eigenvalue weighted by Gasteiger charge is 2.46. The maximum absolute atomic E-state index is 13.2. The number of benzene rings is 2. The van der Waals surface area contributed by atoms with Crippen LogP contribution in [0.3, 0.4) is 0 Å². The van der Waals surface area contributed by atoms with Crippen molar-refractivity contribution in [2.75, 3.05) is 13.1 Å². The number of hydrogen-bond donors (Lipinski definition) is 0. The molecule has 0 radical (unpaired) electrons. The molecule has 0 bridgehead atoms. The third-order valence-electron chi connectivity index (χ3n) is 6.11. The second kappa shape index (κ2) is 7.86. The van der Waals surface area contributed by atoms with E-state index in [1.807, 2.05) is 0 Å². The highest BCUT2D eigenvalue weighted by atomic mass is 32.3. The van der Waals surface area contributed by atoms with Crippen molar-refractivity contribution in [1.29, 1.82) is 0 Å². The number of fused-ring (bicyclic) bond motifs is 3. The Bertz CT molecular complexity index is 1230. The second-order valence-corrected chi connectivity index (χ2v) is 10.6. The minimum absolute atomic E-state index is 0.0843. The van der Waals surface area contributed by atoms with Crippen LogP contribution in [-0.4, -0.2) is 40.9 Å². The lowest BCUT2D eigenvalue weighted by Gasteiger charge is -2.41. The van der Waals surface area contributed by atoms with Gasteiger partial charge in [-0.05, 0) is 50.1 Å². The maximum atomic E-state index is 13.2. The van der Waals surface area contributed by atoms with E-state index in [1.165, 1.54) is 30.3 Å². The molecule has 3 aliphatic rings. The molecule has 1 spiro atoms. The van der Waals surface area contributed by atoms with Crippen molar-refractivity contribution in [2.45, 2.75) is 31.2 Å². The summed E-state index contributed by atoms with van der Waals surface area (Å²) in [4.78, 5) is 40.6. The Morgan fingerprint density at radius 1 is 1.06 bits per heavy atom. The lowest BCUT2D eigenvalue weighted by Crippen LogP contribution is -2.35. The molecule has 170 valence electrons. The zero-order chi connectivity index (χ0) is 23.3. The smallest absolute Gasteiger partial charge is 0.330 e. The molecule has 2 aromatic carbocycles.